The Balaban J connectivity index is 1.70. The molecule has 0 aromatic rings. The Morgan fingerprint density at radius 2 is 2.50 bits per heavy atom. The molecule has 0 bridgehead atoms. The SMILES string of the molecule is OC1(CNC2CCCOC2)CCSC1. The van der Waals surface area contributed by atoms with E-state index in [4.69, 9.17) is 4.74 Å². The molecule has 2 atom stereocenters. The fourth-order valence-corrected chi connectivity index (χ4v) is 3.27. The fourth-order valence-electron chi connectivity index (χ4n) is 1.97. The smallest absolute Gasteiger partial charge is 0.0869 e. The molecule has 2 saturated heterocycles. The topological polar surface area (TPSA) is 41.5 Å². The minimum atomic E-state index is -0.456. The normalized spacial score (nSPS) is 38.8. The average Bonchev–Trinajstić information content (AvgIpc) is 2.65. The van der Waals surface area contributed by atoms with Crippen molar-refractivity contribution in [3.05, 3.63) is 0 Å². The molecule has 2 unspecified atom stereocenters. The Bertz CT molecular complexity index is 177. The maximum Gasteiger partial charge on any atom is 0.0869 e. The molecule has 0 saturated carbocycles. The molecular weight excluding hydrogens is 198 g/mol. The summed E-state index contributed by atoms with van der Waals surface area (Å²) in [6.07, 6.45) is 3.26. The van der Waals surface area contributed by atoms with Gasteiger partial charge in [-0.25, -0.2) is 0 Å². The minimum Gasteiger partial charge on any atom is -0.388 e. The predicted octanol–water partition coefficient (Wildman–Crippen LogP) is 0.623. The molecule has 4 heteroatoms. The fraction of sp³-hybridized carbons (Fsp3) is 1.00. The summed E-state index contributed by atoms with van der Waals surface area (Å²) >= 11 is 1.85. The van der Waals surface area contributed by atoms with Gasteiger partial charge in [0.15, 0.2) is 0 Å². The van der Waals surface area contributed by atoms with Crippen molar-refractivity contribution in [3.8, 4) is 0 Å². The van der Waals surface area contributed by atoms with Crippen LogP contribution in [0.1, 0.15) is 19.3 Å². The van der Waals surface area contributed by atoms with E-state index in [1.54, 1.807) is 0 Å². The second kappa shape index (κ2) is 4.84. The quantitative estimate of drug-likeness (QED) is 0.727. The van der Waals surface area contributed by atoms with Gasteiger partial charge in [-0.3, -0.25) is 0 Å². The molecule has 0 aromatic heterocycles. The number of hydrogen-bond acceptors (Lipinski definition) is 4. The zero-order valence-electron chi connectivity index (χ0n) is 8.50. The molecule has 2 rings (SSSR count). The van der Waals surface area contributed by atoms with Gasteiger partial charge in [-0.1, -0.05) is 0 Å². The lowest BCUT2D eigenvalue weighted by molar-refractivity contribution is 0.0392. The van der Waals surface area contributed by atoms with E-state index in [1.807, 2.05) is 11.8 Å². The molecule has 2 N–H and O–H groups in total. The lowest BCUT2D eigenvalue weighted by Gasteiger charge is -2.28. The summed E-state index contributed by atoms with van der Waals surface area (Å²) in [5.41, 5.74) is -0.456. The molecule has 0 aromatic carbocycles. The number of thioether (sulfide) groups is 1. The van der Waals surface area contributed by atoms with Gasteiger partial charge in [0.25, 0.3) is 0 Å². The summed E-state index contributed by atoms with van der Waals surface area (Å²) in [4.78, 5) is 0. The van der Waals surface area contributed by atoms with Gasteiger partial charge in [0.05, 0.1) is 12.2 Å². The van der Waals surface area contributed by atoms with Gasteiger partial charge < -0.3 is 15.2 Å². The first-order valence-corrected chi connectivity index (χ1v) is 6.55. The monoisotopic (exact) mass is 217 g/mol. The van der Waals surface area contributed by atoms with Gasteiger partial charge in [0, 0.05) is 24.9 Å². The van der Waals surface area contributed by atoms with Crippen LogP contribution in [0.15, 0.2) is 0 Å². The summed E-state index contributed by atoms with van der Waals surface area (Å²) in [6.45, 7) is 2.44. The van der Waals surface area contributed by atoms with Crippen molar-refractivity contribution < 1.29 is 9.84 Å². The minimum absolute atomic E-state index is 0.456. The van der Waals surface area contributed by atoms with Crippen molar-refractivity contribution in [2.75, 3.05) is 31.3 Å². The van der Waals surface area contributed by atoms with Crippen LogP contribution in [-0.2, 0) is 4.74 Å². The molecule has 2 fully saturated rings. The summed E-state index contributed by atoms with van der Waals surface area (Å²) in [5.74, 6) is 1.98. The third kappa shape index (κ3) is 2.86. The number of hydrogen-bond donors (Lipinski definition) is 2. The molecule has 2 aliphatic heterocycles. The van der Waals surface area contributed by atoms with E-state index in [-0.39, 0.29) is 0 Å². The Labute approximate surface area is 89.6 Å². The molecule has 0 radical (unpaired) electrons. The highest BCUT2D eigenvalue weighted by atomic mass is 32.2. The Morgan fingerprint density at radius 1 is 1.57 bits per heavy atom. The highest BCUT2D eigenvalue weighted by molar-refractivity contribution is 7.99. The van der Waals surface area contributed by atoms with Crippen molar-refractivity contribution in [2.24, 2.45) is 0 Å². The molecule has 0 aliphatic carbocycles. The van der Waals surface area contributed by atoms with Crippen molar-refractivity contribution in [3.63, 3.8) is 0 Å². The van der Waals surface area contributed by atoms with E-state index in [0.29, 0.717) is 6.04 Å². The molecule has 2 aliphatic rings. The lowest BCUT2D eigenvalue weighted by atomic mass is 10.0. The molecular formula is C10H19NO2S. The maximum atomic E-state index is 10.1. The van der Waals surface area contributed by atoms with Crippen LogP contribution < -0.4 is 5.32 Å². The molecule has 0 spiro atoms. The van der Waals surface area contributed by atoms with Gasteiger partial charge in [0.1, 0.15) is 0 Å². The van der Waals surface area contributed by atoms with Crippen LogP contribution in [0.2, 0.25) is 0 Å². The van der Waals surface area contributed by atoms with E-state index < -0.39 is 5.60 Å². The first-order chi connectivity index (χ1) is 6.79. The van der Waals surface area contributed by atoms with Crippen molar-refractivity contribution >= 4 is 11.8 Å². The zero-order valence-corrected chi connectivity index (χ0v) is 9.31. The molecule has 14 heavy (non-hydrogen) atoms. The third-order valence-corrected chi connectivity index (χ3v) is 4.20. The van der Waals surface area contributed by atoms with Crippen molar-refractivity contribution in [1.82, 2.24) is 5.32 Å². The molecule has 0 amide bonds. The van der Waals surface area contributed by atoms with Crippen LogP contribution in [-0.4, -0.2) is 48.0 Å². The van der Waals surface area contributed by atoms with E-state index >= 15 is 0 Å². The van der Waals surface area contributed by atoms with Crippen molar-refractivity contribution in [2.45, 2.75) is 30.9 Å². The number of aliphatic hydroxyl groups is 1. The first-order valence-electron chi connectivity index (χ1n) is 5.40. The lowest BCUT2D eigenvalue weighted by Crippen LogP contribution is -2.47. The van der Waals surface area contributed by atoms with Crippen LogP contribution in [0.3, 0.4) is 0 Å². The second-order valence-corrected chi connectivity index (χ2v) is 5.43. The molecule has 3 nitrogen and oxygen atoms in total. The first kappa shape index (κ1) is 10.7. The van der Waals surface area contributed by atoms with Crippen molar-refractivity contribution in [1.29, 1.82) is 0 Å². The summed E-state index contributed by atoms with van der Waals surface area (Å²) in [6, 6.07) is 0.457. The molecule has 2 heterocycles. The second-order valence-electron chi connectivity index (χ2n) is 4.32. The van der Waals surface area contributed by atoms with Gasteiger partial charge in [-0.05, 0) is 25.0 Å². The Morgan fingerprint density at radius 3 is 3.14 bits per heavy atom. The Hall–Kier alpha value is 0.230. The summed E-state index contributed by atoms with van der Waals surface area (Å²) < 4.78 is 5.38. The van der Waals surface area contributed by atoms with E-state index in [9.17, 15) is 5.11 Å². The van der Waals surface area contributed by atoms with E-state index in [2.05, 4.69) is 5.32 Å². The van der Waals surface area contributed by atoms with Crippen LogP contribution in [0, 0.1) is 0 Å². The zero-order chi connectivity index (χ0) is 9.86. The van der Waals surface area contributed by atoms with Crippen LogP contribution in [0.5, 0.6) is 0 Å². The van der Waals surface area contributed by atoms with Gasteiger partial charge in [-0.15, -0.1) is 0 Å². The highest BCUT2D eigenvalue weighted by Gasteiger charge is 2.32. The standard InChI is InChI=1S/C10H19NO2S/c12-10(3-5-14-8-10)7-11-9-2-1-4-13-6-9/h9,11-12H,1-8H2. The number of ether oxygens (including phenoxy) is 1. The van der Waals surface area contributed by atoms with E-state index in [1.165, 1.54) is 6.42 Å². The average molecular weight is 217 g/mol. The number of nitrogens with one attached hydrogen (secondary N) is 1. The predicted molar refractivity (Wildman–Crippen MR) is 58.7 cm³/mol. The van der Waals surface area contributed by atoms with Crippen LogP contribution in [0.4, 0.5) is 0 Å². The highest BCUT2D eigenvalue weighted by Crippen LogP contribution is 2.27. The van der Waals surface area contributed by atoms with Gasteiger partial charge in [-0.2, -0.15) is 11.8 Å². The number of rotatable bonds is 3. The maximum absolute atomic E-state index is 10.1. The third-order valence-electron chi connectivity index (χ3n) is 2.96. The van der Waals surface area contributed by atoms with Gasteiger partial charge in [0.2, 0.25) is 0 Å². The molecule has 82 valence electrons. The van der Waals surface area contributed by atoms with E-state index in [0.717, 1.165) is 44.1 Å². The van der Waals surface area contributed by atoms with Crippen LogP contribution >= 0.6 is 11.8 Å². The van der Waals surface area contributed by atoms with Crippen LogP contribution in [0.25, 0.3) is 0 Å². The summed E-state index contributed by atoms with van der Waals surface area (Å²) in [7, 11) is 0. The summed E-state index contributed by atoms with van der Waals surface area (Å²) in [5, 5.41) is 13.5. The largest absolute Gasteiger partial charge is 0.388 e. The Kier molecular flexibility index (Phi) is 3.71. The van der Waals surface area contributed by atoms with Gasteiger partial charge >= 0.3 is 0 Å².